The van der Waals surface area contributed by atoms with Gasteiger partial charge in [-0.1, -0.05) is 0 Å². The molecular weight excluding hydrogens is 286 g/mol. The highest BCUT2D eigenvalue weighted by atomic mass is 79.9. The van der Waals surface area contributed by atoms with Crippen molar-refractivity contribution >= 4 is 37.5 Å². The molecule has 0 saturated heterocycles. The summed E-state index contributed by atoms with van der Waals surface area (Å²) in [5.41, 5.74) is -0.502. The van der Waals surface area contributed by atoms with Crippen LogP contribution in [0.2, 0.25) is 0 Å². The lowest BCUT2D eigenvalue weighted by molar-refractivity contribution is 0.418. The molecule has 0 amide bonds. The number of benzene rings is 1. The van der Waals surface area contributed by atoms with Crippen LogP contribution in [0.25, 0.3) is 10.2 Å². The summed E-state index contributed by atoms with van der Waals surface area (Å²) in [5.74, 6) is -6.54. The average Bonchev–Trinajstić information content (AvgIpc) is 2.54. The number of thiazole rings is 1. The first kappa shape index (κ1) is 9.85. The lowest BCUT2D eigenvalue weighted by Gasteiger charge is -1.97. The molecule has 7 heteroatoms. The van der Waals surface area contributed by atoms with Crippen molar-refractivity contribution in [2.75, 3.05) is 0 Å². The van der Waals surface area contributed by atoms with Gasteiger partial charge in [-0.15, -0.1) is 11.3 Å². The maximum atomic E-state index is 13.0. The summed E-state index contributed by atoms with van der Waals surface area (Å²) in [6.45, 7) is 0. The SMILES string of the molecule is Fc1c(F)c(F)c2sc(Br)nc2c1F. The maximum Gasteiger partial charge on any atom is 0.199 e. The average molecular weight is 286 g/mol. The number of fused-ring (bicyclic) bond motifs is 1. The van der Waals surface area contributed by atoms with Gasteiger partial charge in [-0.05, 0) is 15.9 Å². The normalized spacial score (nSPS) is 11.2. The molecule has 0 fully saturated rings. The van der Waals surface area contributed by atoms with Gasteiger partial charge in [0.05, 0.1) is 4.70 Å². The second kappa shape index (κ2) is 3.16. The Morgan fingerprint density at radius 1 is 0.929 bits per heavy atom. The van der Waals surface area contributed by atoms with Gasteiger partial charge in [0.25, 0.3) is 0 Å². The molecule has 1 nitrogen and oxygen atoms in total. The summed E-state index contributed by atoms with van der Waals surface area (Å²) in [5, 5.41) is 0. The van der Waals surface area contributed by atoms with Crippen molar-refractivity contribution in [2.45, 2.75) is 0 Å². The summed E-state index contributed by atoms with van der Waals surface area (Å²) in [7, 11) is 0. The van der Waals surface area contributed by atoms with Crippen LogP contribution in [-0.4, -0.2) is 4.98 Å². The van der Waals surface area contributed by atoms with E-state index >= 15 is 0 Å². The van der Waals surface area contributed by atoms with Crippen molar-refractivity contribution in [2.24, 2.45) is 0 Å². The molecule has 0 radical (unpaired) electrons. The van der Waals surface area contributed by atoms with Crippen molar-refractivity contribution in [3.8, 4) is 0 Å². The van der Waals surface area contributed by atoms with E-state index in [1.807, 2.05) is 0 Å². The third-order valence-electron chi connectivity index (χ3n) is 1.59. The monoisotopic (exact) mass is 285 g/mol. The maximum absolute atomic E-state index is 13.0. The van der Waals surface area contributed by atoms with Crippen LogP contribution in [0.4, 0.5) is 17.6 Å². The topological polar surface area (TPSA) is 12.9 Å². The number of rotatable bonds is 0. The van der Waals surface area contributed by atoms with E-state index in [1.165, 1.54) is 0 Å². The molecule has 0 bridgehead atoms. The molecule has 1 heterocycles. The molecule has 2 rings (SSSR count). The lowest BCUT2D eigenvalue weighted by Crippen LogP contribution is -1.96. The largest absolute Gasteiger partial charge is 0.226 e. The fourth-order valence-electron chi connectivity index (χ4n) is 0.988. The number of nitrogens with zero attached hydrogens (tertiary/aromatic N) is 1. The first-order chi connectivity index (χ1) is 6.52. The van der Waals surface area contributed by atoms with Crippen LogP contribution in [0.1, 0.15) is 0 Å². The molecule has 0 aliphatic rings. The minimum atomic E-state index is -1.84. The number of hydrogen-bond donors (Lipinski definition) is 0. The molecule has 0 spiro atoms. The molecule has 2 aromatic rings. The summed E-state index contributed by atoms with van der Waals surface area (Å²) in [6, 6.07) is 0. The fourth-order valence-corrected chi connectivity index (χ4v) is 2.37. The van der Waals surface area contributed by atoms with Crippen molar-refractivity contribution in [3.05, 3.63) is 27.2 Å². The summed E-state index contributed by atoms with van der Waals surface area (Å²) in [4.78, 5) is 3.49. The zero-order valence-corrected chi connectivity index (χ0v) is 8.65. The molecule has 1 aromatic heterocycles. The van der Waals surface area contributed by atoms with Gasteiger partial charge in [0, 0.05) is 0 Å². The zero-order valence-electron chi connectivity index (χ0n) is 6.25. The lowest BCUT2D eigenvalue weighted by atomic mass is 10.3. The highest BCUT2D eigenvalue weighted by Gasteiger charge is 2.23. The number of aromatic nitrogens is 1. The highest BCUT2D eigenvalue weighted by molar-refractivity contribution is 9.11. The van der Waals surface area contributed by atoms with E-state index in [9.17, 15) is 17.6 Å². The molecule has 0 aliphatic carbocycles. The van der Waals surface area contributed by atoms with Gasteiger partial charge in [0.1, 0.15) is 5.52 Å². The van der Waals surface area contributed by atoms with Gasteiger partial charge in [0.15, 0.2) is 27.2 Å². The molecule has 0 saturated carbocycles. The standard InChI is InChI=1S/C7BrF4NS/c8-7-13-5-3(11)1(9)2(10)4(12)6(5)14-7. The predicted molar refractivity (Wildman–Crippen MR) is 47.2 cm³/mol. The zero-order chi connectivity index (χ0) is 10.5. The first-order valence-electron chi connectivity index (χ1n) is 3.30. The minimum Gasteiger partial charge on any atom is -0.226 e. The molecular formula is C7BrF4NS. The number of hydrogen-bond acceptors (Lipinski definition) is 2. The smallest absolute Gasteiger partial charge is 0.199 e. The van der Waals surface area contributed by atoms with E-state index in [-0.39, 0.29) is 8.62 Å². The Balaban J connectivity index is 3.01. The van der Waals surface area contributed by atoms with Crippen LogP contribution in [0, 0.1) is 23.3 Å². The second-order valence-corrected chi connectivity index (χ2v) is 4.68. The van der Waals surface area contributed by atoms with E-state index in [0.29, 0.717) is 11.3 Å². The van der Waals surface area contributed by atoms with Crippen molar-refractivity contribution in [3.63, 3.8) is 0 Å². The Labute approximate surface area is 87.5 Å². The van der Waals surface area contributed by atoms with Gasteiger partial charge in [-0.2, -0.15) is 0 Å². The molecule has 14 heavy (non-hydrogen) atoms. The first-order valence-corrected chi connectivity index (χ1v) is 4.91. The molecule has 0 unspecified atom stereocenters. The Hall–Kier alpha value is -0.690. The summed E-state index contributed by atoms with van der Waals surface area (Å²) < 4.78 is 51.2. The molecule has 0 aliphatic heterocycles. The van der Waals surface area contributed by atoms with Crippen molar-refractivity contribution < 1.29 is 17.6 Å². The third-order valence-corrected chi connectivity index (χ3v) is 3.09. The van der Waals surface area contributed by atoms with Gasteiger partial charge >= 0.3 is 0 Å². The Kier molecular flexibility index (Phi) is 2.23. The molecule has 0 atom stereocenters. The van der Waals surface area contributed by atoms with Gasteiger partial charge in [-0.25, -0.2) is 22.5 Å². The van der Waals surface area contributed by atoms with Crippen LogP contribution >= 0.6 is 27.3 Å². The minimum absolute atomic E-state index is 0.162. The van der Waals surface area contributed by atoms with Gasteiger partial charge in [0.2, 0.25) is 0 Å². The molecule has 0 N–H and O–H groups in total. The highest BCUT2D eigenvalue weighted by Crippen LogP contribution is 2.32. The molecule has 1 aromatic carbocycles. The van der Waals surface area contributed by atoms with Crippen LogP contribution in [0.15, 0.2) is 3.92 Å². The third kappa shape index (κ3) is 1.23. The van der Waals surface area contributed by atoms with E-state index in [0.717, 1.165) is 0 Å². The Bertz CT molecular complexity index is 479. The van der Waals surface area contributed by atoms with Gasteiger partial charge < -0.3 is 0 Å². The van der Waals surface area contributed by atoms with Gasteiger partial charge in [-0.3, -0.25) is 0 Å². The fraction of sp³-hybridized carbons (Fsp3) is 0. The van der Waals surface area contributed by atoms with E-state index < -0.39 is 28.8 Å². The van der Waals surface area contributed by atoms with Crippen LogP contribution in [-0.2, 0) is 0 Å². The van der Waals surface area contributed by atoms with E-state index in [4.69, 9.17) is 0 Å². The quantitative estimate of drug-likeness (QED) is 0.409. The summed E-state index contributed by atoms with van der Waals surface area (Å²) in [6.07, 6.45) is 0. The molecule has 74 valence electrons. The second-order valence-electron chi connectivity index (χ2n) is 2.40. The number of halogens is 5. The van der Waals surface area contributed by atoms with Crippen LogP contribution in [0.5, 0.6) is 0 Å². The Morgan fingerprint density at radius 3 is 2.14 bits per heavy atom. The predicted octanol–water partition coefficient (Wildman–Crippen LogP) is 3.62. The van der Waals surface area contributed by atoms with E-state index in [2.05, 4.69) is 20.9 Å². The summed E-state index contributed by atoms with van der Waals surface area (Å²) >= 11 is 3.57. The van der Waals surface area contributed by atoms with Crippen molar-refractivity contribution in [1.29, 1.82) is 0 Å². The van der Waals surface area contributed by atoms with Crippen LogP contribution < -0.4 is 0 Å². The van der Waals surface area contributed by atoms with Crippen LogP contribution in [0.3, 0.4) is 0 Å². The Morgan fingerprint density at radius 2 is 1.50 bits per heavy atom. The van der Waals surface area contributed by atoms with Crippen molar-refractivity contribution in [1.82, 2.24) is 4.98 Å². The van der Waals surface area contributed by atoms with E-state index in [1.54, 1.807) is 0 Å².